The van der Waals surface area contributed by atoms with Gasteiger partial charge in [0.2, 0.25) is 0 Å². The van der Waals surface area contributed by atoms with Crippen LogP contribution in [0, 0.1) is 6.92 Å². The largest absolute Gasteiger partial charge is 0.483 e. The van der Waals surface area contributed by atoms with E-state index in [4.69, 9.17) is 4.74 Å². The summed E-state index contributed by atoms with van der Waals surface area (Å²) in [6.07, 6.45) is -4.08. The predicted molar refractivity (Wildman–Crippen MR) is 91.5 cm³/mol. The van der Waals surface area contributed by atoms with E-state index in [-0.39, 0.29) is 5.92 Å². The Bertz CT molecular complexity index is 857. The highest BCUT2D eigenvalue weighted by molar-refractivity contribution is 5.91. The molecule has 2 aromatic rings. The van der Waals surface area contributed by atoms with Crippen molar-refractivity contribution in [3.05, 3.63) is 57.5 Å². The molecule has 0 aliphatic carbocycles. The lowest BCUT2D eigenvalue weighted by Gasteiger charge is -2.13. The fourth-order valence-corrected chi connectivity index (χ4v) is 2.20. The van der Waals surface area contributed by atoms with Crippen molar-refractivity contribution >= 4 is 11.6 Å². The van der Waals surface area contributed by atoms with Crippen LogP contribution in [-0.4, -0.2) is 17.5 Å². The van der Waals surface area contributed by atoms with Gasteiger partial charge >= 0.3 is 6.18 Å². The summed E-state index contributed by atoms with van der Waals surface area (Å²) in [5, 5.41) is 2.14. The van der Waals surface area contributed by atoms with E-state index in [1.165, 1.54) is 0 Å². The molecule has 0 bridgehead atoms. The molecule has 1 aromatic heterocycles. The van der Waals surface area contributed by atoms with Crippen molar-refractivity contribution in [1.82, 2.24) is 4.98 Å². The van der Waals surface area contributed by atoms with Crippen LogP contribution in [0.3, 0.4) is 0 Å². The number of hydrogen-bond donors (Lipinski definition) is 2. The van der Waals surface area contributed by atoms with E-state index < -0.39 is 35.5 Å². The van der Waals surface area contributed by atoms with Crippen LogP contribution in [0.5, 0.6) is 5.75 Å². The monoisotopic (exact) mass is 368 g/mol. The molecular formula is C18H19F3N2O3. The summed E-state index contributed by atoms with van der Waals surface area (Å²) in [4.78, 5) is 25.5. The molecule has 1 aromatic carbocycles. The number of alkyl halides is 3. The minimum absolute atomic E-state index is 0.274. The van der Waals surface area contributed by atoms with Crippen molar-refractivity contribution in [3.8, 4) is 5.75 Å². The highest BCUT2D eigenvalue weighted by Crippen LogP contribution is 2.29. The quantitative estimate of drug-likeness (QED) is 0.842. The van der Waals surface area contributed by atoms with E-state index in [0.717, 1.165) is 11.1 Å². The molecule has 2 rings (SSSR count). The summed E-state index contributed by atoms with van der Waals surface area (Å²) in [6, 6.07) is 6.21. The first-order chi connectivity index (χ1) is 12.1. The number of pyridine rings is 1. The smallest absolute Gasteiger partial charge is 0.417 e. The Hall–Kier alpha value is -2.77. The molecule has 0 saturated heterocycles. The highest BCUT2D eigenvalue weighted by Gasteiger charge is 2.31. The zero-order valence-corrected chi connectivity index (χ0v) is 14.5. The topological polar surface area (TPSA) is 71.2 Å². The first kappa shape index (κ1) is 19.6. The lowest BCUT2D eigenvalue weighted by molar-refractivity contribution is -0.137. The third kappa shape index (κ3) is 4.87. The molecule has 2 N–H and O–H groups in total. The fraction of sp³-hybridized carbons (Fsp3) is 0.333. The van der Waals surface area contributed by atoms with Gasteiger partial charge in [-0.1, -0.05) is 26.0 Å². The second-order valence-corrected chi connectivity index (χ2v) is 6.15. The summed E-state index contributed by atoms with van der Waals surface area (Å²) < 4.78 is 43.5. The molecule has 8 heteroatoms. The molecule has 0 aliphatic heterocycles. The third-order valence-electron chi connectivity index (χ3n) is 3.74. The van der Waals surface area contributed by atoms with Gasteiger partial charge in [0.05, 0.1) is 5.56 Å². The number of carbonyl (C=O) groups is 1. The Kier molecular flexibility index (Phi) is 5.74. The van der Waals surface area contributed by atoms with Crippen molar-refractivity contribution in [2.75, 3.05) is 11.9 Å². The van der Waals surface area contributed by atoms with Gasteiger partial charge in [0.1, 0.15) is 11.4 Å². The second kappa shape index (κ2) is 7.63. The maximum absolute atomic E-state index is 12.7. The maximum atomic E-state index is 12.7. The van der Waals surface area contributed by atoms with E-state index >= 15 is 0 Å². The van der Waals surface area contributed by atoms with Crippen molar-refractivity contribution in [2.24, 2.45) is 0 Å². The summed E-state index contributed by atoms with van der Waals surface area (Å²) in [5.74, 6) is 0.0453. The van der Waals surface area contributed by atoms with E-state index in [2.05, 4.69) is 5.32 Å². The van der Waals surface area contributed by atoms with Crippen LogP contribution < -0.4 is 15.6 Å². The number of aromatic amines is 1. The Labute approximate surface area is 148 Å². The molecule has 140 valence electrons. The van der Waals surface area contributed by atoms with Gasteiger partial charge in [0, 0.05) is 6.20 Å². The van der Waals surface area contributed by atoms with Crippen LogP contribution in [0.4, 0.5) is 18.9 Å². The van der Waals surface area contributed by atoms with Gasteiger partial charge in [-0.2, -0.15) is 13.2 Å². The lowest BCUT2D eigenvalue weighted by Crippen LogP contribution is -2.25. The standard InChI is InChI=1S/C18H19F3N2O3/c1-10(2)12-5-4-11(3)15(6-12)26-9-16(24)23-14-7-13(18(19,20)21)8-22-17(14)25/h4-8,10H,9H2,1-3H3,(H,22,25)(H,23,24). The molecule has 0 radical (unpaired) electrons. The number of halogens is 3. The fourth-order valence-electron chi connectivity index (χ4n) is 2.20. The Morgan fingerprint density at radius 3 is 2.58 bits per heavy atom. The molecular weight excluding hydrogens is 349 g/mol. The van der Waals surface area contributed by atoms with Crippen LogP contribution in [-0.2, 0) is 11.0 Å². The van der Waals surface area contributed by atoms with Crippen molar-refractivity contribution in [3.63, 3.8) is 0 Å². The first-order valence-electron chi connectivity index (χ1n) is 7.91. The lowest BCUT2D eigenvalue weighted by atomic mass is 10.0. The minimum Gasteiger partial charge on any atom is -0.483 e. The van der Waals surface area contributed by atoms with Crippen molar-refractivity contribution < 1.29 is 22.7 Å². The van der Waals surface area contributed by atoms with Gasteiger partial charge < -0.3 is 15.0 Å². The van der Waals surface area contributed by atoms with Crippen molar-refractivity contribution in [2.45, 2.75) is 32.9 Å². The number of carbonyl (C=O) groups excluding carboxylic acids is 1. The molecule has 1 heterocycles. The Morgan fingerprint density at radius 2 is 1.96 bits per heavy atom. The number of H-pyrrole nitrogens is 1. The van der Waals surface area contributed by atoms with Gasteiger partial charge in [-0.3, -0.25) is 9.59 Å². The average Bonchev–Trinajstić information content (AvgIpc) is 2.54. The summed E-state index contributed by atoms with van der Waals surface area (Å²) >= 11 is 0. The van der Waals surface area contributed by atoms with E-state index in [1.54, 1.807) is 0 Å². The number of hydrogen-bond acceptors (Lipinski definition) is 3. The molecule has 26 heavy (non-hydrogen) atoms. The molecule has 1 amide bonds. The number of aromatic nitrogens is 1. The molecule has 5 nitrogen and oxygen atoms in total. The number of benzene rings is 1. The molecule has 0 spiro atoms. The summed E-state index contributed by atoms with van der Waals surface area (Å²) in [5.41, 5.74) is -0.529. The molecule has 0 fully saturated rings. The van der Waals surface area contributed by atoms with Gasteiger partial charge in [0.25, 0.3) is 11.5 Å². The molecule has 0 saturated carbocycles. The summed E-state index contributed by atoms with van der Waals surface area (Å²) in [7, 11) is 0. The van der Waals surface area contributed by atoms with Crippen LogP contribution >= 0.6 is 0 Å². The van der Waals surface area contributed by atoms with Gasteiger partial charge in [-0.25, -0.2) is 0 Å². The van der Waals surface area contributed by atoms with Crippen LogP contribution in [0.2, 0.25) is 0 Å². The van der Waals surface area contributed by atoms with Crippen LogP contribution in [0.25, 0.3) is 0 Å². The third-order valence-corrected chi connectivity index (χ3v) is 3.74. The molecule has 0 aliphatic rings. The Morgan fingerprint density at radius 1 is 1.27 bits per heavy atom. The predicted octanol–water partition coefficient (Wildman–Crippen LogP) is 3.84. The SMILES string of the molecule is Cc1ccc(C(C)C)cc1OCC(=O)Nc1cc(C(F)(F)F)c[nH]c1=O. The number of aryl methyl sites for hydroxylation is 1. The highest BCUT2D eigenvalue weighted by atomic mass is 19.4. The van der Waals surface area contributed by atoms with E-state index in [9.17, 15) is 22.8 Å². The Balaban J connectivity index is 2.08. The number of amides is 1. The number of rotatable bonds is 5. The first-order valence-corrected chi connectivity index (χ1v) is 7.91. The maximum Gasteiger partial charge on any atom is 0.417 e. The van der Waals surface area contributed by atoms with Crippen molar-refractivity contribution in [1.29, 1.82) is 0 Å². The van der Waals surface area contributed by atoms with E-state index in [1.807, 2.05) is 44.0 Å². The average molecular weight is 368 g/mol. The number of ether oxygens (including phenoxy) is 1. The normalized spacial score (nSPS) is 11.5. The minimum atomic E-state index is -4.63. The second-order valence-electron chi connectivity index (χ2n) is 6.15. The van der Waals surface area contributed by atoms with Gasteiger partial charge in [-0.05, 0) is 36.1 Å². The van der Waals surface area contributed by atoms with Crippen LogP contribution in [0.15, 0.2) is 35.3 Å². The van der Waals surface area contributed by atoms with E-state index in [0.29, 0.717) is 18.0 Å². The zero-order valence-electron chi connectivity index (χ0n) is 14.5. The molecule has 0 atom stereocenters. The number of anilines is 1. The van der Waals surface area contributed by atoms with Crippen LogP contribution in [0.1, 0.15) is 36.5 Å². The zero-order chi connectivity index (χ0) is 19.5. The summed E-state index contributed by atoms with van der Waals surface area (Å²) in [6.45, 7) is 5.41. The number of nitrogens with one attached hydrogen (secondary N) is 2. The molecule has 0 unspecified atom stereocenters. The van der Waals surface area contributed by atoms with Gasteiger partial charge in [-0.15, -0.1) is 0 Å². The van der Waals surface area contributed by atoms with Gasteiger partial charge in [0.15, 0.2) is 6.61 Å².